The zero-order chi connectivity index (χ0) is 14.3. The zero-order valence-corrected chi connectivity index (χ0v) is 12.2. The summed E-state index contributed by atoms with van der Waals surface area (Å²) in [5.74, 6) is 0.419. The summed E-state index contributed by atoms with van der Waals surface area (Å²) in [6.45, 7) is 9.72. The Balaban J connectivity index is 2.47. The first-order valence-electron chi connectivity index (χ1n) is 7.03. The van der Waals surface area contributed by atoms with Crippen molar-refractivity contribution in [3.63, 3.8) is 0 Å². The van der Waals surface area contributed by atoms with Gasteiger partial charge in [-0.3, -0.25) is 14.5 Å². The van der Waals surface area contributed by atoms with Crippen LogP contribution in [0, 0.1) is 5.92 Å². The maximum absolute atomic E-state index is 11.9. The third-order valence-corrected chi connectivity index (χ3v) is 3.06. The van der Waals surface area contributed by atoms with Crippen molar-refractivity contribution >= 4 is 11.8 Å². The molecule has 1 saturated heterocycles. The van der Waals surface area contributed by atoms with Crippen LogP contribution < -0.4 is 16.0 Å². The minimum atomic E-state index is -0.251. The van der Waals surface area contributed by atoms with Gasteiger partial charge in [-0.25, -0.2) is 0 Å². The molecule has 0 aliphatic carbocycles. The van der Waals surface area contributed by atoms with Crippen LogP contribution in [0.4, 0.5) is 0 Å². The van der Waals surface area contributed by atoms with Gasteiger partial charge in [-0.05, 0) is 12.8 Å². The van der Waals surface area contributed by atoms with E-state index in [9.17, 15) is 9.59 Å². The predicted molar refractivity (Wildman–Crippen MR) is 74.8 cm³/mol. The van der Waals surface area contributed by atoms with E-state index in [-0.39, 0.29) is 24.4 Å². The monoisotopic (exact) mass is 270 g/mol. The molecule has 0 spiro atoms. The molecular formula is C13H26N4O2. The largest absolute Gasteiger partial charge is 0.355 e. The summed E-state index contributed by atoms with van der Waals surface area (Å²) in [5, 5.41) is 8.90. The predicted octanol–water partition coefficient (Wildman–Crippen LogP) is -0.831. The molecule has 1 aliphatic heterocycles. The van der Waals surface area contributed by atoms with Crippen LogP contribution in [0.3, 0.4) is 0 Å². The van der Waals surface area contributed by atoms with Crippen molar-refractivity contribution in [3.8, 4) is 0 Å². The Morgan fingerprint density at radius 1 is 1.37 bits per heavy atom. The molecule has 1 fully saturated rings. The minimum absolute atomic E-state index is 0.00800. The Morgan fingerprint density at radius 3 is 2.74 bits per heavy atom. The molecule has 0 aromatic carbocycles. The summed E-state index contributed by atoms with van der Waals surface area (Å²) in [6, 6.07) is -0.251. The molecule has 0 aromatic rings. The summed E-state index contributed by atoms with van der Waals surface area (Å²) in [4.78, 5) is 25.7. The maximum atomic E-state index is 11.9. The highest BCUT2D eigenvalue weighted by Crippen LogP contribution is 2.03. The first kappa shape index (κ1) is 15.9. The Hall–Kier alpha value is -1.14. The Bertz CT molecular complexity index is 307. The standard InChI is InChI=1S/C13H26N4O2/c1-4-15-13(19)11-8-14-5-6-17(11)9-12(18)16-7-10(2)3/h10-11,14H,4-9H2,1-3H3,(H,15,19)(H,16,18). The van der Waals surface area contributed by atoms with Gasteiger partial charge in [0, 0.05) is 32.7 Å². The van der Waals surface area contributed by atoms with Gasteiger partial charge in [-0.2, -0.15) is 0 Å². The van der Waals surface area contributed by atoms with Crippen molar-refractivity contribution in [2.24, 2.45) is 5.92 Å². The number of nitrogens with zero attached hydrogens (tertiary/aromatic N) is 1. The maximum Gasteiger partial charge on any atom is 0.238 e. The molecule has 0 saturated carbocycles. The quantitative estimate of drug-likeness (QED) is 0.589. The number of hydrogen-bond donors (Lipinski definition) is 3. The number of hydrogen-bond acceptors (Lipinski definition) is 4. The summed E-state index contributed by atoms with van der Waals surface area (Å²) in [5.41, 5.74) is 0. The van der Waals surface area contributed by atoms with Gasteiger partial charge >= 0.3 is 0 Å². The highest BCUT2D eigenvalue weighted by molar-refractivity contribution is 5.84. The van der Waals surface area contributed by atoms with Gasteiger partial charge in [0.05, 0.1) is 6.54 Å². The molecule has 6 heteroatoms. The average molecular weight is 270 g/mol. The van der Waals surface area contributed by atoms with E-state index in [0.717, 1.165) is 13.1 Å². The molecule has 2 amide bonds. The van der Waals surface area contributed by atoms with E-state index < -0.39 is 0 Å². The molecule has 1 atom stereocenters. The van der Waals surface area contributed by atoms with Crippen molar-refractivity contribution < 1.29 is 9.59 Å². The van der Waals surface area contributed by atoms with Crippen molar-refractivity contribution in [2.45, 2.75) is 26.8 Å². The second-order valence-corrected chi connectivity index (χ2v) is 5.28. The molecule has 0 aromatic heterocycles. The van der Waals surface area contributed by atoms with E-state index in [0.29, 0.717) is 25.6 Å². The zero-order valence-electron chi connectivity index (χ0n) is 12.2. The lowest BCUT2D eigenvalue weighted by atomic mass is 10.1. The second kappa shape index (κ2) is 8.12. The fourth-order valence-electron chi connectivity index (χ4n) is 2.04. The summed E-state index contributed by atoms with van der Waals surface area (Å²) in [7, 11) is 0. The summed E-state index contributed by atoms with van der Waals surface area (Å²) >= 11 is 0. The Labute approximate surface area is 115 Å². The van der Waals surface area contributed by atoms with Gasteiger partial charge in [-0.1, -0.05) is 13.8 Å². The SMILES string of the molecule is CCNC(=O)C1CNCCN1CC(=O)NCC(C)C. The van der Waals surface area contributed by atoms with Crippen molar-refractivity contribution in [1.29, 1.82) is 0 Å². The molecule has 1 rings (SSSR count). The lowest BCUT2D eigenvalue weighted by Crippen LogP contribution is -2.59. The van der Waals surface area contributed by atoms with E-state index >= 15 is 0 Å². The number of carbonyl (C=O) groups is 2. The third kappa shape index (κ3) is 5.57. The lowest BCUT2D eigenvalue weighted by Gasteiger charge is -2.34. The van der Waals surface area contributed by atoms with Crippen molar-refractivity contribution in [1.82, 2.24) is 20.9 Å². The molecule has 1 unspecified atom stereocenters. The highest BCUT2D eigenvalue weighted by Gasteiger charge is 2.29. The van der Waals surface area contributed by atoms with E-state index in [2.05, 4.69) is 29.8 Å². The fourth-order valence-corrected chi connectivity index (χ4v) is 2.04. The van der Waals surface area contributed by atoms with Crippen molar-refractivity contribution in [3.05, 3.63) is 0 Å². The van der Waals surface area contributed by atoms with Gasteiger partial charge in [0.15, 0.2) is 0 Å². The molecule has 1 heterocycles. The van der Waals surface area contributed by atoms with E-state index in [4.69, 9.17) is 0 Å². The number of carbonyl (C=O) groups excluding carboxylic acids is 2. The van der Waals surface area contributed by atoms with Crippen LogP contribution in [0.25, 0.3) is 0 Å². The minimum Gasteiger partial charge on any atom is -0.355 e. The van der Waals surface area contributed by atoms with Crippen LogP contribution in [-0.2, 0) is 9.59 Å². The molecular weight excluding hydrogens is 244 g/mol. The van der Waals surface area contributed by atoms with E-state index in [1.165, 1.54) is 0 Å². The average Bonchev–Trinajstić information content (AvgIpc) is 2.37. The van der Waals surface area contributed by atoms with Gasteiger partial charge in [0.1, 0.15) is 6.04 Å². The molecule has 110 valence electrons. The molecule has 19 heavy (non-hydrogen) atoms. The van der Waals surface area contributed by atoms with Crippen LogP contribution in [0.2, 0.25) is 0 Å². The van der Waals surface area contributed by atoms with Crippen molar-refractivity contribution in [2.75, 3.05) is 39.3 Å². The second-order valence-electron chi connectivity index (χ2n) is 5.28. The third-order valence-electron chi connectivity index (χ3n) is 3.06. The van der Waals surface area contributed by atoms with Gasteiger partial charge in [0.2, 0.25) is 11.8 Å². The smallest absolute Gasteiger partial charge is 0.238 e. The van der Waals surface area contributed by atoms with Crippen LogP contribution in [0.1, 0.15) is 20.8 Å². The van der Waals surface area contributed by atoms with Crippen LogP contribution in [0.5, 0.6) is 0 Å². The summed E-state index contributed by atoms with van der Waals surface area (Å²) < 4.78 is 0. The van der Waals surface area contributed by atoms with Gasteiger partial charge < -0.3 is 16.0 Å². The molecule has 6 nitrogen and oxygen atoms in total. The van der Waals surface area contributed by atoms with Gasteiger partial charge in [0.25, 0.3) is 0 Å². The Kier molecular flexibility index (Phi) is 6.80. The van der Waals surface area contributed by atoms with Crippen LogP contribution in [0.15, 0.2) is 0 Å². The topological polar surface area (TPSA) is 73.5 Å². The van der Waals surface area contributed by atoms with Gasteiger partial charge in [-0.15, -0.1) is 0 Å². The normalized spacial score (nSPS) is 20.3. The van der Waals surface area contributed by atoms with E-state index in [1.807, 2.05) is 11.8 Å². The number of rotatable bonds is 6. The number of nitrogens with one attached hydrogen (secondary N) is 3. The number of amides is 2. The molecule has 3 N–H and O–H groups in total. The Morgan fingerprint density at radius 2 is 2.11 bits per heavy atom. The number of likely N-dealkylation sites (N-methyl/N-ethyl adjacent to an activating group) is 1. The fraction of sp³-hybridized carbons (Fsp3) is 0.846. The van der Waals surface area contributed by atoms with Crippen LogP contribution in [-0.4, -0.2) is 62.0 Å². The molecule has 0 radical (unpaired) electrons. The lowest BCUT2D eigenvalue weighted by molar-refractivity contribution is -0.129. The van der Waals surface area contributed by atoms with E-state index in [1.54, 1.807) is 0 Å². The highest BCUT2D eigenvalue weighted by atomic mass is 16.2. The number of piperazine rings is 1. The first-order chi connectivity index (χ1) is 9.04. The molecule has 0 bridgehead atoms. The van der Waals surface area contributed by atoms with Crippen LogP contribution >= 0.6 is 0 Å². The molecule has 1 aliphatic rings. The first-order valence-corrected chi connectivity index (χ1v) is 7.03. The summed E-state index contributed by atoms with van der Waals surface area (Å²) in [6.07, 6.45) is 0.